The van der Waals surface area contributed by atoms with Crippen LogP contribution in [-0.2, 0) is 14.4 Å². The van der Waals surface area contributed by atoms with Gasteiger partial charge in [-0.25, -0.2) is 14.5 Å². The van der Waals surface area contributed by atoms with Crippen molar-refractivity contribution in [3.05, 3.63) is 56.5 Å². The number of urea groups is 1. The fraction of sp³-hybridized carbons (Fsp3) is 0.100. The first-order valence-electron chi connectivity index (χ1n) is 8.60. The highest BCUT2D eigenvalue weighted by Crippen LogP contribution is 2.37. The third-order valence-corrected chi connectivity index (χ3v) is 5.21. The number of barbiturate groups is 1. The van der Waals surface area contributed by atoms with Gasteiger partial charge in [0.2, 0.25) is 0 Å². The Kier molecular flexibility index (Phi) is 6.76. The van der Waals surface area contributed by atoms with E-state index in [4.69, 9.17) is 14.6 Å². The molecule has 2 aromatic carbocycles. The molecule has 11 heteroatoms. The average Bonchev–Trinajstić information content (AvgIpc) is 2.71. The van der Waals surface area contributed by atoms with E-state index in [2.05, 4.69) is 37.2 Å². The molecule has 0 radical (unpaired) electrons. The Balaban J connectivity index is 1.99. The highest BCUT2D eigenvalue weighted by atomic mass is 79.9. The van der Waals surface area contributed by atoms with Crippen LogP contribution in [0.2, 0.25) is 0 Å². The lowest BCUT2D eigenvalue weighted by atomic mass is 10.1. The standard InChI is InChI=1S/C20H14Br2N2O7/c1-30-15-8-10(7-14(22)17(15)31-9-16(25)26)6-13-18(27)23-20(29)24(19(13)28)12-4-2-11(21)3-5-12/h2-8H,9H2,1H3,(H,25,26)(H,23,27,29)/b13-6+. The molecule has 1 saturated heterocycles. The van der Waals surface area contributed by atoms with E-state index < -0.39 is 30.4 Å². The first kappa shape index (κ1) is 22.5. The summed E-state index contributed by atoms with van der Waals surface area (Å²) in [5.41, 5.74) is 0.408. The summed E-state index contributed by atoms with van der Waals surface area (Å²) in [6.45, 7) is -0.583. The molecular formula is C20H14Br2N2O7. The number of carbonyl (C=O) groups excluding carboxylic acids is 3. The lowest BCUT2D eigenvalue weighted by Crippen LogP contribution is -2.54. The number of hydrogen-bond acceptors (Lipinski definition) is 6. The highest BCUT2D eigenvalue weighted by Gasteiger charge is 2.36. The number of anilines is 1. The monoisotopic (exact) mass is 552 g/mol. The number of nitrogens with zero attached hydrogens (tertiary/aromatic N) is 1. The van der Waals surface area contributed by atoms with Crippen molar-refractivity contribution < 1.29 is 33.8 Å². The van der Waals surface area contributed by atoms with Gasteiger partial charge >= 0.3 is 12.0 Å². The molecule has 31 heavy (non-hydrogen) atoms. The number of carboxylic acid groups (broad SMARTS) is 1. The molecular weight excluding hydrogens is 540 g/mol. The van der Waals surface area contributed by atoms with Gasteiger partial charge in [-0.15, -0.1) is 0 Å². The molecule has 1 aliphatic rings. The van der Waals surface area contributed by atoms with E-state index in [9.17, 15) is 19.2 Å². The quantitative estimate of drug-likeness (QED) is 0.415. The van der Waals surface area contributed by atoms with Crippen molar-refractivity contribution in [1.82, 2.24) is 5.32 Å². The number of methoxy groups -OCH3 is 1. The molecule has 0 atom stereocenters. The van der Waals surface area contributed by atoms with Crippen LogP contribution in [0, 0.1) is 0 Å². The average molecular weight is 554 g/mol. The van der Waals surface area contributed by atoms with Gasteiger partial charge in [-0.05, 0) is 64.0 Å². The summed E-state index contributed by atoms with van der Waals surface area (Å²) in [6, 6.07) is 8.57. The summed E-state index contributed by atoms with van der Waals surface area (Å²) in [5.74, 6) is -2.46. The molecule has 2 N–H and O–H groups in total. The number of ether oxygens (including phenoxy) is 2. The maximum absolute atomic E-state index is 13.0. The lowest BCUT2D eigenvalue weighted by molar-refractivity contribution is -0.139. The predicted molar refractivity (Wildman–Crippen MR) is 117 cm³/mol. The van der Waals surface area contributed by atoms with E-state index in [0.29, 0.717) is 15.7 Å². The van der Waals surface area contributed by atoms with Crippen molar-refractivity contribution >= 4 is 67.4 Å². The highest BCUT2D eigenvalue weighted by molar-refractivity contribution is 9.10. The number of nitrogens with one attached hydrogen (secondary N) is 1. The number of rotatable bonds is 6. The van der Waals surface area contributed by atoms with Gasteiger partial charge in [0, 0.05) is 4.47 Å². The smallest absolute Gasteiger partial charge is 0.341 e. The minimum atomic E-state index is -1.16. The number of benzene rings is 2. The molecule has 2 aromatic rings. The van der Waals surface area contributed by atoms with Crippen LogP contribution in [0.5, 0.6) is 11.5 Å². The molecule has 4 amide bonds. The molecule has 0 unspecified atom stereocenters. The van der Waals surface area contributed by atoms with E-state index >= 15 is 0 Å². The zero-order valence-electron chi connectivity index (χ0n) is 15.8. The number of aliphatic carboxylic acids is 1. The molecule has 1 heterocycles. The van der Waals surface area contributed by atoms with Crippen LogP contribution in [0.25, 0.3) is 6.08 Å². The zero-order valence-corrected chi connectivity index (χ0v) is 19.0. The van der Waals surface area contributed by atoms with Gasteiger partial charge in [0.25, 0.3) is 11.8 Å². The van der Waals surface area contributed by atoms with Gasteiger partial charge in [0.1, 0.15) is 5.57 Å². The summed E-state index contributed by atoms with van der Waals surface area (Å²) >= 11 is 6.55. The summed E-state index contributed by atoms with van der Waals surface area (Å²) in [4.78, 5) is 49.2. The molecule has 1 fully saturated rings. The minimum Gasteiger partial charge on any atom is -0.493 e. The van der Waals surface area contributed by atoms with Gasteiger partial charge in [0.15, 0.2) is 18.1 Å². The number of amides is 4. The van der Waals surface area contributed by atoms with Crippen LogP contribution in [-0.4, -0.2) is 42.6 Å². The van der Waals surface area contributed by atoms with Crippen LogP contribution in [0.3, 0.4) is 0 Å². The summed E-state index contributed by atoms with van der Waals surface area (Å²) in [7, 11) is 1.36. The third-order valence-electron chi connectivity index (χ3n) is 4.09. The van der Waals surface area contributed by atoms with Gasteiger partial charge in [-0.2, -0.15) is 0 Å². The van der Waals surface area contributed by atoms with Gasteiger partial charge < -0.3 is 14.6 Å². The maximum atomic E-state index is 13.0. The van der Waals surface area contributed by atoms with Crippen molar-refractivity contribution in [3.63, 3.8) is 0 Å². The van der Waals surface area contributed by atoms with Crippen LogP contribution < -0.4 is 19.7 Å². The predicted octanol–water partition coefficient (Wildman–Crippen LogP) is 3.35. The second-order valence-corrected chi connectivity index (χ2v) is 7.92. The number of halogens is 2. The summed E-state index contributed by atoms with van der Waals surface area (Å²) < 4.78 is 11.6. The van der Waals surface area contributed by atoms with Crippen molar-refractivity contribution in [1.29, 1.82) is 0 Å². The third kappa shape index (κ3) is 4.94. The van der Waals surface area contributed by atoms with Crippen LogP contribution in [0.15, 0.2) is 50.9 Å². The fourth-order valence-electron chi connectivity index (χ4n) is 2.75. The van der Waals surface area contributed by atoms with Crippen molar-refractivity contribution in [3.8, 4) is 11.5 Å². The van der Waals surface area contributed by atoms with Gasteiger partial charge in [-0.3, -0.25) is 14.9 Å². The Hall–Kier alpha value is -3.18. The van der Waals surface area contributed by atoms with Crippen molar-refractivity contribution in [2.75, 3.05) is 18.6 Å². The van der Waals surface area contributed by atoms with E-state index in [-0.39, 0.29) is 17.1 Å². The Morgan fingerprint density at radius 2 is 1.84 bits per heavy atom. The van der Waals surface area contributed by atoms with Crippen LogP contribution >= 0.6 is 31.9 Å². The van der Waals surface area contributed by atoms with E-state index in [1.807, 2.05) is 0 Å². The fourth-order valence-corrected chi connectivity index (χ4v) is 3.58. The second kappa shape index (κ2) is 9.31. The number of hydrogen-bond donors (Lipinski definition) is 2. The molecule has 0 saturated carbocycles. The molecule has 0 bridgehead atoms. The van der Waals surface area contributed by atoms with E-state index in [0.717, 1.165) is 9.37 Å². The topological polar surface area (TPSA) is 122 Å². The Labute approximate surface area is 192 Å². The summed E-state index contributed by atoms with van der Waals surface area (Å²) in [6.07, 6.45) is 1.30. The number of carbonyl (C=O) groups is 4. The molecule has 1 aliphatic heterocycles. The molecule has 9 nitrogen and oxygen atoms in total. The molecule has 3 rings (SSSR count). The normalized spacial score (nSPS) is 15.1. The second-order valence-electron chi connectivity index (χ2n) is 6.15. The van der Waals surface area contributed by atoms with Crippen LogP contribution in [0.4, 0.5) is 10.5 Å². The van der Waals surface area contributed by atoms with Crippen molar-refractivity contribution in [2.45, 2.75) is 0 Å². The minimum absolute atomic E-state index is 0.151. The Bertz CT molecular complexity index is 1110. The zero-order chi connectivity index (χ0) is 22.7. The number of carboxylic acids is 1. The van der Waals surface area contributed by atoms with E-state index in [1.165, 1.54) is 25.3 Å². The molecule has 0 aromatic heterocycles. The molecule has 160 valence electrons. The first-order valence-corrected chi connectivity index (χ1v) is 10.2. The molecule has 0 spiro atoms. The molecule has 0 aliphatic carbocycles. The SMILES string of the molecule is COc1cc(/C=C2\C(=O)NC(=O)N(c3ccc(Br)cc3)C2=O)cc(Br)c1OCC(=O)O. The summed E-state index contributed by atoms with van der Waals surface area (Å²) in [5, 5.41) is 11.0. The van der Waals surface area contributed by atoms with Gasteiger partial charge in [-0.1, -0.05) is 15.9 Å². The largest absolute Gasteiger partial charge is 0.493 e. The van der Waals surface area contributed by atoms with E-state index in [1.54, 1.807) is 24.3 Å². The van der Waals surface area contributed by atoms with Crippen molar-refractivity contribution in [2.24, 2.45) is 0 Å². The lowest BCUT2D eigenvalue weighted by Gasteiger charge is -2.26. The van der Waals surface area contributed by atoms with Crippen LogP contribution in [0.1, 0.15) is 5.56 Å². The first-order chi connectivity index (χ1) is 14.7. The maximum Gasteiger partial charge on any atom is 0.341 e. The Morgan fingerprint density at radius 3 is 2.45 bits per heavy atom. The Morgan fingerprint density at radius 1 is 1.16 bits per heavy atom. The van der Waals surface area contributed by atoms with Gasteiger partial charge in [0.05, 0.1) is 17.3 Å². The number of imide groups is 2.